The van der Waals surface area contributed by atoms with Gasteiger partial charge in [0.1, 0.15) is 12.6 Å². The Balaban J connectivity index is 2.66. The average molecular weight is 295 g/mol. The van der Waals surface area contributed by atoms with Gasteiger partial charge in [-0.25, -0.2) is 9.59 Å². The number of hydrogen-bond acceptors (Lipinski definition) is 4. The summed E-state index contributed by atoms with van der Waals surface area (Å²) in [6.45, 7) is 2.39. The molecule has 114 valence electrons. The lowest BCUT2D eigenvalue weighted by Crippen LogP contribution is -2.53. The molecule has 21 heavy (non-hydrogen) atoms. The lowest BCUT2D eigenvalue weighted by atomic mass is 9.84. The van der Waals surface area contributed by atoms with E-state index in [1.165, 1.54) is 13.8 Å². The number of ether oxygens (including phenoxy) is 1. The Labute approximate surface area is 121 Å². The topological polar surface area (TPSA) is 113 Å². The highest BCUT2D eigenvalue weighted by Crippen LogP contribution is 2.21. The van der Waals surface area contributed by atoms with E-state index in [9.17, 15) is 14.4 Å². The molecule has 0 saturated heterocycles. The van der Waals surface area contributed by atoms with Crippen molar-refractivity contribution in [1.82, 2.24) is 5.32 Å². The zero-order valence-corrected chi connectivity index (χ0v) is 11.7. The number of hydrogen-bond donors (Lipinski definition) is 3. The summed E-state index contributed by atoms with van der Waals surface area (Å²) in [4.78, 5) is 33.8. The monoisotopic (exact) mass is 295 g/mol. The van der Waals surface area contributed by atoms with E-state index < -0.39 is 29.5 Å². The molecule has 0 heterocycles. The van der Waals surface area contributed by atoms with E-state index in [1.54, 1.807) is 30.3 Å². The van der Waals surface area contributed by atoms with Gasteiger partial charge < -0.3 is 20.3 Å². The van der Waals surface area contributed by atoms with Gasteiger partial charge in [-0.15, -0.1) is 0 Å². The highest BCUT2D eigenvalue weighted by Gasteiger charge is 2.43. The molecule has 7 nitrogen and oxygen atoms in total. The van der Waals surface area contributed by atoms with Crippen molar-refractivity contribution in [3.8, 4) is 0 Å². The first kappa shape index (κ1) is 16.5. The molecule has 0 aliphatic rings. The Hall–Kier alpha value is -2.57. The first-order valence-corrected chi connectivity index (χ1v) is 6.18. The zero-order valence-electron chi connectivity index (χ0n) is 11.7. The molecule has 1 aromatic rings. The van der Waals surface area contributed by atoms with Crippen LogP contribution >= 0.6 is 0 Å². The summed E-state index contributed by atoms with van der Waals surface area (Å²) >= 11 is 0. The van der Waals surface area contributed by atoms with E-state index in [0.29, 0.717) is 0 Å². The summed E-state index contributed by atoms with van der Waals surface area (Å²) in [5.41, 5.74) is -0.936. The largest absolute Gasteiger partial charge is 0.481 e. The lowest BCUT2D eigenvalue weighted by molar-refractivity contribution is -0.156. The number of amides is 1. The van der Waals surface area contributed by atoms with Gasteiger partial charge in [0.05, 0.1) is 5.41 Å². The van der Waals surface area contributed by atoms with Gasteiger partial charge in [0.2, 0.25) is 0 Å². The van der Waals surface area contributed by atoms with Gasteiger partial charge in [0.25, 0.3) is 0 Å². The predicted molar refractivity (Wildman–Crippen MR) is 72.6 cm³/mol. The van der Waals surface area contributed by atoms with Crippen molar-refractivity contribution in [2.45, 2.75) is 26.5 Å². The standard InChI is InChI=1S/C14H17NO6/c1-14(2,12(18)19)10(11(16)17)15-13(20)21-8-9-6-4-3-5-7-9/h3-7,10H,8H2,1-2H3,(H,15,20)(H,16,17)(H,18,19)/t10-/m1/s1. The van der Waals surface area contributed by atoms with Crippen LogP contribution in [0.5, 0.6) is 0 Å². The van der Waals surface area contributed by atoms with E-state index in [4.69, 9.17) is 14.9 Å². The molecule has 3 N–H and O–H groups in total. The number of carbonyl (C=O) groups is 3. The van der Waals surface area contributed by atoms with Crippen molar-refractivity contribution < 1.29 is 29.3 Å². The maximum absolute atomic E-state index is 11.6. The minimum absolute atomic E-state index is 0.0352. The van der Waals surface area contributed by atoms with Crippen molar-refractivity contribution in [2.75, 3.05) is 0 Å². The van der Waals surface area contributed by atoms with E-state index in [1.807, 2.05) is 0 Å². The SMILES string of the molecule is CC(C)(C(=O)O)[C@H](NC(=O)OCc1ccccc1)C(=O)O. The van der Waals surface area contributed by atoms with Crippen LogP contribution in [0.15, 0.2) is 30.3 Å². The second-order valence-corrected chi connectivity index (χ2v) is 5.00. The Morgan fingerprint density at radius 2 is 1.76 bits per heavy atom. The van der Waals surface area contributed by atoms with Crippen molar-refractivity contribution in [1.29, 1.82) is 0 Å². The van der Waals surface area contributed by atoms with E-state index >= 15 is 0 Å². The number of rotatable bonds is 6. The smallest absolute Gasteiger partial charge is 0.408 e. The van der Waals surface area contributed by atoms with E-state index in [-0.39, 0.29) is 6.61 Å². The molecule has 1 rings (SSSR count). The van der Waals surface area contributed by atoms with Gasteiger partial charge >= 0.3 is 18.0 Å². The van der Waals surface area contributed by atoms with Gasteiger partial charge in [0.15, 0.2) is 0 Å². The molecular formula is C14H17NO6. The van der Waals surface area contributed by atoms with Crippen LogP contribution in [0, 0.1) is 5.41 Å². The number of alkyl carbamates (subject to hydrolysis) is 1. The molecule has 7 heteroatoms. The minimum atomic E-state index is -1.67. The third-order valence-electron chi connectivity index (χ3n) is 2.99. The Kier molecular flexibility index (Phi) is 5.29. The fourth-order valence-corrected chi connectivity index (χ4v) is 1.56. The second kappa shape index (κ2) is 6.74. The lowest BCUT2D eigenvalue weighted by Gasteiger charge is -2.27. The molecule has 1 amide bonds. The maximum atomic E-state index is 11.6. The summed E-state index contributed by atoms with van der Waals surface area (Å²) in [5.74, 6) is -2.78. The summed E-state index contributed by atoms with van der Waals surface area (Å²) in [7, 11) is 0. The molecule has 0 aliphatic heterocycles. The fraction of sp³-hybridized carbons (Fsp3) is 0.357. The van der Waals surface area contributed by atoms with Crippen LogP contribution in [0.2, 0.25) is 0 Å². The second-order valence-electron chi connectivity index (χ2n) is 5.00. The maximum Gasteiger partial charge on any atom is 0.408 e. The highest BCUT2D eigenvalue weighted by molar-refractivity contribution is 5.88. The summed E-state index contributed by atoms with van der Waals surface area (Å²) in [6, 6.07) is 7.22. The molecule has 0 spiro atoms. The molecule has 0 aromatic heterocycles. The zero-order chi connectivity index (χ0) is 16.0. The Morgan fingerprint density at radius 1 is 1.19 bits per heavy atom. The van der Waals surface area contributed by atoms with Crippen LogP contribution in [0.4, 0.5) is 4.79 Å². The van der Waals surface area contributed by atoms with Crippen molar-refractivity contribution in [2.24, 2.45) is 5.41 Å². The number of carboxylic acids is 2. The highest BCUT2D eigenvalue weighted by atomic mass is 16.5. The van der Waals surface area contributed by atoms with Crippen molar-refractivity contribution >= 4 is 18.0 Å². The fourth-order valence-electron chi connectivity index (χ4n) is 1.56. The predicted octanol–water partition coefficient (Wildman–Crippen LogP) is 1.48. The Morgan fingerprint density at radius 3 is 2.24 bits per heavy atom. The third kappa shape index (κ3) is 4.48. The molecule has 0 fully saturated rings. The van der Waals surface area contributed by atoms with Gasteiger partial charge in [-0.2, -0.15) is 0 Å². The first-order valence-electron chi connectivity index (χ1n) is 6.18. The van der Waals surface area contributed by atoms with Crippen LogP contribution < -0.4 is 5.32 Å². The van der Waals surface area contributed by atoms with E-state index in [2.05, 4.69) is 5.32 Å². The van der Waals surface area contributed by atoms with Gasteiger partial charge in [-0.3, -0.25) is 4.79 Å². The van der Waals surface area contributed by atoms with Crippen molar-refractivity contribution in [3.63, 3.8) is 0 Å². The molecule has 0 unspecified atom stereocenters. The van der Waals surface area contributed by atoms with Crippen LogP contribution in [0.1, 0.15) is 19.4 Å². The van der Waals surface area contributed by atoms with E-state index in [0.717, 1.165) is 5.56 Å². The van der Waals surface area contributed by atoms with Crippen LogP contribution in [-0.4, -0.2) is 34.3 Å². The summed E-state index contributed by atoms with van der Waals surface area (Å²) in [5, 5.41) is 20.2. The molecule has 1 atom stereocenters. The normalized spacial score (nSPS) is 12.3. The van der Waals surface area contributed by atoms with Crippen LogP contribution in [-0.2, 0) is 20.9 Å². The Bertz CT molecular complexity index is 526. The third-order valence-corrected chi connectivity index (χ3v) is 2.99. The quantitative estimate of drug-likeness (QED) is 0.732. The minimum Gasteiger partial charge on any atom is -0.481 e. The number of nitrogens with one attached hydrogen (secondary N) is 1. The van der Waals surface area contributed by atoms with Gasteiger partial charge in [0, 0.05) is 0 Å². The molecular weight excluding hydrogens is 278 g/mol. The average Bonchev–Trinajstić information content (AvgIpc) is 2.43. The van der Waals surface area contributed by atoms with Crippen molar-refractivity contribution in [3.05, 3.63) is 35.9 Å². The number of carboxylic acid groups (broad SMARTS) is 2. The van der Waals surface area contributed by atoms with Gasteiger partial charge in [-0.1, -0.05) is 30.3 Å². The summed E-state index contributed by atoms with van der Waals surface area (Å²) < 4.78 is 4.88. The van der Waals surface area contributed by atoms with Crippen LogP contribution in [0.25, 0.3) is 0 Å². The van der Waals surface area contributed by atoms with Crippen LogP contribution in [0.3, 0.4) is 0 Å². The number of carbonyl (C=O) groups excluding carboxylic acids is 1. The number of benzene rings is 1. The molecule has 0 radical (unpaired) electrons. The van der Waals surface area contributed by atoms with Gasteiger partial charge in [-0.05, 0) is 19.4 Å². The molecule has 1 aromatic carbocycles. The molecule has 0 bridgehead atoms. The molecule has 0 aliphatic carbocycles. The summed E-state index contributed by atoms with van der Waals surface area (Å²) in [6.07, 6.45) is -0.986. The number of aliphatic carboxylic acids is 2. The first-order chi connectivity index (χ1) is 9.75. The molecule has 0 saturated carbocycles.